The summed E-state index contributed by atoms with van der Waals surface area (Å²) in [5, 5.41) is 15.0. The summed E-state index contributed by atoms with van der Waals surface area (Å²) in [5.41, 5.74) is 3.35. The van der Waals surface area contributed by atoms with Crippen molar-refractivity contribution >= 4 is 5.96 Å². The molecule has 1 unspecified atom stereocenters. The van der Waals surface area contributed by atoms with Gasteiger partial charge in [0, 0.05) is 50.4 Å². The lowest BCUT2D eigenvalue weighted by Gasteiger charge is -2.26. The number of likely N-dealkylation sites (tertiary alicyclic amines) is 1. The van der Waals surface area contributed by atoms with Crippen LogP contribution < -0.4 is 15.4 Å². The summed E-state index contributed by atoms with van der Waals surface area (Å²) in [6, 6.07) is 21.0. The van der Waals surface area contributed by atoms with Gasteiger partial charge in [-0.05, 0) is 93.5 Å². The first-order chi connectivity index (χ1) is 21.1. The van der Waals surface area contributed by atoms with Crippen LogP contribution in [0.5, 0.6) is 5.75 Å². The first-order valence-corrected chi connectivity index (χ1v) is 15.3. The highest BCUT2D eigenvalue weighted by molar-refractivity contribution is 5.81. The second-order valence-electron chi connectivity index (χ2n) is 11.0. The van der Waals surface area contributed by atoms with E-state index in [0.717, 1.165) is 49.5 Å². The maximum absolute atomic E-state index is 13.5. The van der Waals surface area contributed by atoms with E-state index in [2.05, 4.69) is 49.6 Å². The summed E-state index contributed by atoms with van der Waals surface area (Å²) < 4.78 is 19.4. The Hall–Kier alpha value is -4.00. The number of hydrogen-bond acceptors (Lipinski definition) is 6. The van der Waals surface area contributed by atoms with Gasteiger partial charge in [-0.1, -0.05) is 36.8 Å². The van der Waals surface area contributed by atoms with E-state index in [0.29, 0.717) is 25.7 Å². The molecule has 2 heterocycles. The molecule has 1 aliphatic rings. The molecule has 0 saturated carbocycles. The second kappa shape index (κ2) is 17.8. The molecule has 1 fully saturated rings. The van der Waals surface area contributed by atoms with Crippen LogP contribution in [0.3, 0.4) is 0 Å². The number of nitrogens with one attached hydrogen (secondary N) is 2. The van der Waals surface area contributed by atoms with Gasteiger partial charge < -0.3 is 15.0 Å². The summed E-state index contributed by atoms with van der Waals surface area (Å²) in [7, 11) is 2.06. The number of aliphatic imine (C=N–C) groups is 1. The molecule has 0 bridgehead atoms. The van der Waals surface area contributed by atoms with Crippen molar-refractivity contribution in [3.8, 4) is 11.9 Å². The SMILES string of the molecule is CN(CCNC(=NCCCOc1ccc(CN2CCCCC2)cc1)NC#N)CCC(c1ccc(F)cc1)c1ccccn1. The first-order valence-electron chi connectivity index (χ1n) is 15.3. The van der Waals surface area contributed by atoms with Crippen molar-refractivity contribution in [2.75, 3.05) is 52.9 Å². The minimum absolute atomic E-state index is 0.0781. The lowest BCUT2D eigenvalue weighted by molar-refractivity contribution is 0.221. The number of halogens is 1. The number of pyridine rings is 1. The van der Waals surface area contributed by atoms with Crippen LogP contribution in [0.4, 0.5) is 4.39 Å². The standard InChI is InChI=1S/C34H44FN7O/c1-41(23-17-32(33-8-3-4-18-37-33)29-11-13-30(35)14-12-29)24-20-39-34(40-27-36)38-19-7-25-43-31-15-9-28(10-16-31)26-42-21-5-2-6-22-42/h3-4,8-16,18,32H,2,5-7,17,19-26H2,1H3,(H2,38,39,40). The molecule has 3 aromatic rings. The van der Waals surface area contributed by atoms with E-state index in [1.807, 2.05) is 48.7 Å². The number of piperidine rings is 1. The number of guanidine groups is 1. The minimum atomic E-state index is -0.240. The van der Waals surface area contributed by atoms with Gasteiger partial charge in [-0.3, -0.25) is 20.2 Å². The molecule has 8 nitrogen and oxygen atoms in total. The third-order valence-electron chi connectivity index (χ3n) is 7.70. The van der Waals surface area contributed by atoms with Gasteiger partial charge in [0.25, 0.3) is 0 Å². The fourth-order valence-corrected chi connectivity index (χ4v) is 5.29. The molecule has 2 aromatic carbocycles. The lowest BCUT2D eigenvalue weighted by Crippen LogP contribution is -2.39. The molecule has 0 spiro atoms. The first kappa shape index (κ1) is 31.9. The Morgan fingerprint density at radius 1 is 1.07 bits per heavy atom. The van der Waals surface area contributed by atoms with Gasteiger partial charge in [-0.25, -0.2) is 4.39 Å². The third-order valence-corrected chi connectivity index (χ3v) is 7.70. The molecule has 2 N–H and O–H groups in total. The molecule has 1 aromatic heterocycles. The van der Waals surface area contributed by atoms with Crippen molar-refractivity contribution in [3.63, 3.8) is 0 Å². The number of nitriles is 1. The molecule has 1 atom stereocenters. The van der Waals surface area contributed by atoms with Crippen LogP contribution in [0, 0.1) is 17.3 Å². The predicted octanol–water partition coefficient (Wildman–Crippen LogP) is 5.15. The highest BCUT2D eigenvalue weighted by atomic mass is 19.1. The van der Waals surface area contributed by atoms with Gasteiger partial charge >= 0.3 is 0 Å². The normalized spacial score (nSPS) is 14.7. The van der Waals surface area contributed by atoms with E-state index in [1.54, 1.807) is 6.20 Å². The summed E-state index contributed by atoms with van der Waals surface area (Å²) in [5.74, 6) is 1.17. The Labute approximate surface area is 255 Å². The van der Waals surface area contributed by atoms with Gasteiger partial charge in [0.1, 0.15) is 11.6 Å². The molecular weight excluding hydrogens is 541 g/mol. The Kier molecular flexibility index (Phi) is 13.2. The minimum Gasteiger partial charge on any atom is -0.494 e. The van der Waals surface area contributed by atoms with Crippen LogP contribution in [-0.2, 0) is 6.54 Å². The number of rotatable bonds is 15. The van der Waals surface area contributed by atoms with Crippen LogP contribution >= 0.6 is 0 Å². The maximum atomic E-state index is 13.5. The van der Waals surface area contributed by atoms with Crippen molar-refractivity contribution in [2.45, 2.75) is 44.6 Å². The molecule has 9 heteroatoms. The number of nitrogens with zero attached hydrogens (tertiary/aromatic N) is 5. The summed E-state index contributed by atoms with van der Waals surface area (Å²) in [6.45, 7) is 6.73. The average Bonchev–Trinajstić information content (AvgIpc) is 3.03. The molecule has 43 heavy (non-hydrogen) atoms. The van der Waals surface area contributed by atoms with E-state index in [1.165, 1.54) is 50.0 Å². The number of hydrogen-bond donors (Lipinski definition) is 2. The smallest absolute Gasteiger partial charge is 0.204 e. The van der Waals surface area contributed by atoms with Crippen LogP contribution in [0.2, 0.25) is 0 Å². The molecule has 1 saturated heterocycles. The zero-order valence-corrected chi connectivity index (χ0v) is 25.2. The van der Waals surface area contributed by atoms with E-state index in [9.17, 15) is 4.39 Å². The van der Waals surface area contributed by atoms with Crippen molar-refractivity contribution in [2.24, 2.45) is 4.99 Å². The Bertz CT molecular complexity index is 1270. The number of likely N-dealkylation sites (N-methyl/N-ethyl adjacent to an activating group) is 1. The maximum Gasteiger partial charge on any atom is 0.204 e. The Morgan fingerprint density at radius 3 is 2.58 bits per heavy atom. The Morgan fingerprint density at radius 2 is 1.86 bits per heavy atom. The third kappa shape index (κ3) is 11.3. The van der Waals surface area contributed by atoms with E-state index >= 15 is 0 Å². The Balaban J connectivity index is 1.15. The molecule has 1 aliphatic heterocycles. The number of aromatic nitrogens is 1. The van der Waals surface area contributed by atoms with Crippen LogP contribution in [0.1, 0.15) is 54.8 Å². The predicted molar refractivity (Wildman–Crippen MR) is 169 cm³/mol. The van der Waals surface area contributed by atoms with Gasteiger partial charge in [-0.15, -0.1) is 0 Å². The highest BCUT2D eigenvalue weighted by Crippen LogP contribution is 2.27. The number of ether oxygens (including phenoxy) is 1. The molecule has 0 amide bonds. The van der Waals surface area contributed by atoms with Crippen molar-refractivity contribution in [1.29, 1.82) is 5.26 Å². The molecule has 4 rings (SSSR count). The average molecular weight is 586 g/mol. The molecule has 0 radical (unpaired) electrons. The molecule has 0 aliphatic carbocycles. The van der Waals surface area contributed by atoms with E-state index in [4.69, 9.17) is 10.00 Å². The molecular formula is C34H44FN7O. The summed E-state index contributed by atoms with van der Waals surface area (Å²) >= 11 is 0. The van der Waals surface area contributed by atoms with E-state index < -0.39 is 0 Å². The van der Waals surface area contributed by atoms with Crippen LogP contribution in [-0.4, -0.2) is 73.7 Å². The van der Waals surface area contributed by atoms with Crippen molar-refractivity contribution in [1.82, 2.24) is 25.4 Å². The fraction of sp³-hybridized carbons (Fsp3) is 0.441. The summed E-state index contributed by atoms with van der Waals surface area (Å²) in [6.07, 6.45) is 9.30. The largest absolute Gasteiger partial charge is 0.494 e. The zero-order chi connectivity index (χ0) is 30.1. The highest BCUT2D eigenvalue weighted by Gasteiger charge is 2.16. The molecule has 228 valence electrons. The van der Waals surface area contributed by atoms with Gasteiger partial charge in [-0.2, -0.15) is 5.26 Å². The fourth-order valence-electron chi connectivity index (χ4n) is 5.29. The van der Waals surface area contributed by atoms with Crippen LogP contribution in [0.25, 0.3) is 0 Å². The topological polar surface area (TPSA) is 88.8 Å². The quantitative estimate of drug-likeness (QED) is 0.0839. The van der Waals surface area contributed by atoms with Crippen LogP contribution in [0.15, 0.2) is 77.9 Å². The van der Waals surface area contributed by atoms with Crippen molar-refractivity contribution in [3.05, 3.63) is 95.6 Å². The van der Waals surface area contributed by atoms with Gasteiger partial charge in [0.2, 0.25) is 5.96 Å². The van der Waals surface area contributed by atoms with Gasteiger partial charge in [0.05, 0.1) is 6.61 Å². The monoisotopic (exact) mass is 585 g/mol. The van der Waals surface area contributed by atoms with Crippen molar-refractivity contribution < 1.29 is 9.13 Å². The zero-order valence-electron chi connectivity index (χ0n) is 25.2. The van der Waals surface area contributed by atoms with E-state index in [-0.39, 0.29) is 11.7 Å². The second-order valence-corrected chi connectivity index (χ2v) is 11.0. The summed E-state index contributed by atoms with van der Waals surface area (Å²) in [4.78, 5) is 13.8. The number of benzene rings is 2. The lowest BCUT2D eigenvalue weighted by atomic mass is 9.92. The van der Waals surface area contributed by atoms with Gasteiger partial charge in [0.15, 0.2) is 6.19 Å².